The third-order valence-corrected chi connectivity index (χ3v) is 4.71. The van der Waals surface area contributed by atoms with Gasteiger partial charge in [0.2, 0.25) is 0 Å². The molecule has 1 fully saturated rings. The van der Waals surface area contributed by atoms with Crippen LogP contribution >= 0.6 is 0 Å². The molecule has 0 aliphatic carbocycles. The van der Waals surface area contributed by atoms with E-state index in [1.807, 2.05) is 0 Å². The highest BCUT2D eigenvalue weighted by Crippen LogP contribution is 2.50. The summed E-state index contributed by atoms with van der Waals surface area (Å²) in [7, 11) is 0. The number of halogens is 4. The summed E-state index contributed by atoms with van der Waals surface area (Å²) in [5.41, 5.74) is 1.03. The first-order valence-electron chi connectivity index (χ1n) is 7.88. The minimum absolute atomic E-state index is 0.415. The Morgan fingerprint density at radius 1 is 1.08 bits per heavy atom. The van der Waals surface area contributed by atoms with Gasteiger partial charge in [-0.15, -0.1) is 0 Å². The molecule has 1 spiro atoms. The van der Waals surface area contributed by atoms with Crippen LogP contribution in [-0.2, 0) is 4.79 Å². The van der Waals surface area contributed by atoms with Crippen LogP contribution in [0.25, 0.3) is 0 Å². The number of benzene rings is 2. The summed E-state index contributed by atoms with van der Waals surface area (Å²) in [6.07, 6.45) is -5.15. The summed E-state index contributed by atoms with van der Waals surface area (Å²) in [6.45, 7) is 0. The fourth-order valence-corrected chi connectivity index (χ4v) is 3.50. The molecule has 2 aromatic rings. The van der Waals surface area contributed by atoms with Gasteiger partial charge in [0.1, 0.15) is 11.5 Å². The second kappa shape index (κ2) is 5.55. The van der Waals surface area contributed by atoms with Crippen LogP contribution in [0.4, 0.5) is 23.2 Å². The largest absolute Gasteiger partial charge is 0.431 e. The van der Waals surface area contributed by atoms with Crippen molar-refractivity contribution >= 4 is 17.3 Å². The maximum Gasteiger partial charge on any atom is 0.431 e. The van der Waals surface area contributed by atoms with Crippen LogP contribution in [0.3, 0.4) is 0 Å². The summed E-state index contributed by atoms with van der Waals surface area (Å²) in [5, 5.41) is 3.38. The molecule has 1 N–H and O–H groups in total. The second-order valence-electron chi connectivity index (χ2n) is 6.28. The minimum Gasteiger partial charge on any atom is -0.300 e. The molecule has 1 saturated heterocycles. The molecule has 26 heavy (non-hydrogen) atoms. The molecule has 0 bridgehead atoms. The molecule has 2 aliphatic heterocycles. The van der Waals surface area contributed by atoms with Crippen LogP contribution in [-0.4, -0.2) is 23.3 Å². The molecule has 2 heterocycles. The number of alkyl halides is 3. The van der Waals surface area contributed by atoms with Gasteiger partial charge in [-0.2, -0.15) is 18.3 Å². The van der Waals surface area contributed by atoms with Gasteiger partial charge in [0.25, 0.3) is 5.91 Å². The summed E-state index contributed by atoms with van der Waals surface area (Å²) in [4.78, 5) is 14.2. The van der Waals surface area contributed by atoms with Crippen molar-refractivity contribution in [1.29, 1.82) is 0 Å². The van der Waals surface area contributed by atoms with E-state index in [0.717, 1.165) is 0 Å². The van der Waals surface area contributed by atoms with Crippen molar-refractivity contribution in [2.45, 2.75) is 24.2 Å². The maximum absolute atomic E-state index is 13.2. The molecule has 8 heteroatoms. The predicted octanol–water partition coefficient (Wildman–Crippen LogP) is 3.56. The Labute approximate surface area is 146 Å². The quantitative estimate of drug-likeness (QED) is 0.655. The second-order valence-corrected chi connectivity index (χ2v) is 6.28. The fourth-order valence-electron chi connectivity index (χ4n) is 3.50. The number of nitrogens with one attached hydrogen (secondary N) is 1. The zero-order valence-corrected chi connectivity index (χ0v) is 13.3. The lowest BCUT2D eigenvalue weighted by molar-refractivity contribution is -0.134. The van der Waals surface area contributed by atoms with Gasteiger partial charge < -0.3 is 0 Å². The van der Waals surface area contributed by atoms with Gasteiger partial charge in [0.05, 0.1) is 6.04 Å². The van der Waals surface area contributed by atoms with Crippen LogP contribution in [0, 0.1) is 5.82 Å². The Morgan fingerprint density at radius 2 is 1.73 bits per heavy atom. The number of rotatable bonds is 2. The van der Waals surface area contributed by atoms with E-state index in [0.29, 0.717) is 11.3 Å². The zero-order valence-electron chi connectivity index (χ0n) is 13.3. The Kier molecular flexibility index (Phi) is 3.54. The normalized spacial score (nSPS) is 25.1. The smallest absolute Gasteiger partial charge is 0.300 e. The maximum atomic E-state index is 13.2. The lowest BCUT2D eigenvalue weighted by Gasteiger charge is -2.54. The van der Waals surface area contributed by atoms with E-state index >= 15 is 0 Å². The SMILES string of the molecule is O=C1N(c2ccc(F)cc2)C(c2ccccc2)C12CC(C(F)(F)F)=NN2. The monoisotopic (exact) mass is 363 g/mol. The van der Waals surface area contributed by atoms with Gasteiger partial charge in [0, 0.05) is 12.1 Å². The molecule has 1 amide bonds. The molecule has 0 saturated carbocycles. The first-order valence-corrected chi connectivity index (χ1v) is 7.88. The first kappa shape index (κ1) is 16.6. The number of hydrogen-bond donors (Lipinski definition) is 1. The average molecular weight is 363 g/mol. The highest BCUT2D eigenvalue weighted by molar-refractivity contribution is 6.13. The van der Waals surface area contributed by atoms with Crippen molar-refractivity contribution < 1.29 is 22.4 Å². The van der Waals surface area contributed by atoms with Crippen molar-refractivity contribution in [2.24, 2.45) is 5.10 Å². The molecule has 0 radical (unpaired) electrons. The molecule has 134 valence electrons. The highest BCUT2D eigenvalue weighted by Gasteiger charge is 2.66. The number of amides is 1. The van der Waals surface area contributed by atoms with Crippen LogP contribution in [0.5, 0.6) is 0 Å². The van der Waals surface area contributed by atoms with Gasteiger partial charge >= 0.3 is 6.18 Å². The lowest BCUT2D eigenvalue weighted by atomic mass is 9.72. The zero-order chi connectivity index (χ0) is 18.5. The Morgan fingerprint density at radius 3 is 2.31 bits per heavy atom. The predicted molar refractivity (Wildman–Crippen MR) is 87.0 cm³/mol. The molecule has 2 unspecified atom stereocenters. The summed E-state index contributed by atoms with van der Waals surface area (Å²) >= 11 is 0. The van der Waals surface area contributed by atoms with E-state index in [-0.39, 0.29) is 0 Å². The Hall–Kier alpha value is -2.90. The standard InChI is InChI=1S/C18H13F4N3O/c19-12-6-8-13(9-7-12)25-15(11-4-2-1-3-5-11)17(16(25)26)10-14(23-24-17)18(20,21)22/h1-9,15,24H,10H2. The van der Waals surface area contributed by atoms with Crippen molar-refractivity contribution in [3.8, 4) is 0 Å². The highest BCUT2D eigenvalue weighted by atomic mass is 19.4. The first-order chi connectivity index (χ1) is 12.3. The summed E-state index contributed by atoms with van der Waals surface area (Å²) < 4.78 is 52.4. The average Bonchev–Trinajstić information content (AvgIpc) is 3.09. The van der Waals surface area contributed by atoms with E-state index < -0.39 is 41.6 Å². The summed E-state index contributed by atoms with van der Waals surface area (Å²) in [6, 6.07) is 13.3. The number of carbonyl (C=O) groups is 1. The molecule has 0 aromatic heterocycles. The molecular weight excluding hydrogens is 350 g/mol. The van der Waals surface area contributed by atoms with Crippen LogP contribution in [0.15, 0.2) is 59.7 Å². The number of hydrogen-bond acceptors (Lipinski definition) is 3. The van der Waals surface area contributed by atoms with E-state index in [2.05, 4.69) is 10.5 Å². The van der Waals surface area contributed by atoms with E-state index in [9.17, 15) is 22.4 Å². The van der Waals surface area contributed by atoms with Crippen molar-refractivity contribution in [3.63, 3.8) is 0 Å². The Balaban J connectivity index is 1.74. The molecule has 2 aromatic carbocycles. The molecule has 4 nitrogen and oxygen atoms in total. The van der Waals surface area contributed by atoms with E-state index in [1.165, 1.54) is 29.2 Å². The number of carbonyl (C=O) groups excluding carboxylic acids is 1. The van der Waals surface area contributed by atoms with Crippen LogP contribution in [0.2, 0.25) is 0 Å². The third kappa shape index (κ3) is 2.36. The van der Waals surface area contributed by atoms with E-state index in [1.54, 1.807) is 30.3 Å². The molecule has 4 rings (SSSR count). The molecular formula is C18H13F4N3O. The van der Waals surface area contributed by atoms with Crippen molar-refractivity contribution in [2.75, 3.05) is 4.90 Å². The fraction of sp³-hybridized carbons (Fsp3) is 0.222. The van der Waals surface area contributed by atoms with Crippen molar-refractivity contribution in [3.05, 3.63) is 66.0 Å². The van der Waals surface area contributed by atoms with Crippen LogP contribution < -0.4 is 10.3 Å². The Bertz CT molecular complexity index is 880. The number of β-lactam (4-membered cyclic amide) rings is 1. The molecule has 2 atom stereocenters. The van der Waals surface area contributed by atoms with Crippen molar-refractivity contribution in [1.82, 2.24) is 5.43 Å². The molecule has 2 aliphatic rings. The van der Waals surface area contributed by atoms with Crippen LogP contribution in [0.1, 0.15) is 18.0 Å². The van der Waals surface area contributed by atoms with Gasteiger partial charge in [0.15, 0.2) is 5.54 Å². The number of hydrazone groups is 1. The third-order valence-electron chi connectivity index (χ3n) is 4.71. The van der Waals surface area contributed by atoms with Gasteiger partial charge in [-0.3, -0.25) is 15.1 Å². The minimum atomic E-state index is -4.60. The number of nitrogens with zero attached hydrogens (tertiary/aromatic N) is 2. The van der Waals surface area contributed by atoms with Gasteiger partial charge in [-0.25, -0.2) is 4.39 Å². The van der Waals surface area contributed by atoms with E-state index in [4.69, 9.17) is 0 Å². The topological polar surface area (TPSA) is 44.7 Å². The van der Waals surface area contributed by atoms with Gasteiger partial charge in [-0.05, 0) is 29.8 Å². The van der Waals surface area contributed by atoms with Gasteiger partial charge in [-0.1, -0.05) is 30.3 Å². The number of anilines is 1. The summed E-state index contributed by atoms with van der Waals surface area (Å²) in [5.74, 6) is -0.990. The lowest BCUT2D eigenvalue weighted by Crippen LogP contribution is -2.73.